The normalized spacial score (nSPS) is 32.1. The molecule has 1 aliphatic carbocycles. The average molecular weight is 565 g/mol. The third-order valence-electron chi connectivity index (χ3n) is 8.36. The first-order chi connectivity index (χ1) is 18.2. The lowest BCUT2D eigenvalue weighted by molar-refractivity contribution is -0.144. The molecule has 8 nitrogen and oxygen atoms in total. The van der Waals surface area contributed by atoms with Crippen molar-refractivity contribution in [3.63, 3.8) is 0 Å². The predicted octanol–water partition coefficient (Wildman–Crippen LogP) is 4.35. The zero-order chi connectivity index (χ0) is 27.1. The van der Waals surface area contributed by atoms with E-state index in [1.54, 1.807) is 30.0 Å². The van der Waals surface area contributed by atoms with Crippen molar-refractivity contribution < 1.29 is 23.9 Å². The summed E-state index contributed by atoms with van der Waals surface area (Å²) in [4.78, 5) is 43.2. The number of rotatable bonds is 9. The SMILES string of the molecule is CCOCCCN1C(=O)[C@H]2[C@@H](C(=O)Nc3ccc(Cl)c(Cl)c3)[C@@]3(C)C=C[C@@]2(O3)[C@@H]1C(=O)NC1CCCCC1. The van der Waals surface area contributed by atoms with Crippen molar-refractivity contribution in [2.24, 2.45) is 11.8 Å². The summed E-state index contributed by atoms with van der Waals surface area (Å²) in [5, 5.41) is 6.78. The first-order valence-electron chi connectivity index (χ1n) is 13.6. The van der Waals surface area contributed by atoms with E-state index in [9.17, 15) is 14.4 Å². The largest absolute Gasteiger partial charge is 0.382 e. The Morgan fingerprint density at radius 2 is 1.89 bits per heavy atom. The van der Waals surface area contributed by atoms with Gasteiger partial charge in [0.25, 0.3) is 0 Å². The van der Waals surface area contributed by atoms with Crippen molar-refractivity contribution in [3.05, 3.63) is 40.4 Å². The maximum atomic E-state index is 14.0. The summed E-state index contributed by atoms with van der Waals surface area (Å²) in [6, 6.07) is 4.06. The molecular weight excluding hydrogens is 529 g/mol. The number of hydrogen-bond donors (Lipinski definition) is 2. The van der Waals surface area contributed by atoms with E-state index in [0.717, 1.165) is 25.7 Å². The summed E-state index contributed by atoms with van der Waals surface area (Å²) in [7, 11) is 0. The summed E-state index contributed by atoms with van der Waals surface area (Å²) >= 11 is 12.2. The second-order valence-corrected chi connectivity index (χ2v) is 11.7. The van der Waals surface area contributed by atoms with Crippen LogP contribution in [0.3, 0.4) is 0 Å². The number of benzene rings is 1. The molecule has 2 bridgehead atoms. The van der Waals surface area contributed by atoms with Gasteiger partial charge >= 0.3 is 0 Å². The molecule has 0 unspecified atom stereocenters. The minimum Gasteiger partial charge on any atom is -0.382 e. The number of anilines is 1. The topological polar surface area (TPSA) is 97.0 Å². The highest BCUT2D eigenvalue weighted by molar-refractivity contribution is 6.42. The fourth-order valence-corrected chi connectivity index (χ4v) is 6.97. The molecule has 206 valence electrons. The van der Waals surface area contributed by atoms with E-state index >= 15 is 0 Å². The van der Waals surface area contributed by atoms with Crippen LogP contribution < -0.4 is 10.6 Å². The fourth-order valence-electron chi connectivity index (χ4n) is 6.67. The van der Waals surface area contributed by atoms with Crippen LogP contribution in [0.1, 0.15) is 52.4 Å². The molecule has 0 radical (unpaired) electrons. The van der Waals surface area contributed by atoms with E-state index in [0.29, 0.717) is 41.9 Å². The lowest BCUT2D eigenvalue weighted by Gasteiger charge is -2.34. The summed E-state index contributed by atoms with van der Waals surface area (Å²) in [6.07, 6.45) is 9.43. The predicted molar refractivity (Wildman–Crippen MR) is 145 cm³/mol. The van der Waals surface area contributed by atoms with Crippen LogP contribution in [0, 0.1) is 11.8 Å². The van der Waals surface area contributed by atoms with E-state index in [1.807, 2.05) is 19.1 Å². The number of hydrogen-bond acceptors (Lipinski definition) is 5. The Bertz CT molecular complexity index is 1140. The van der Waals surface area contributed by atoms with Crippen LogP contribution in [-0.4, -0.2) is 65.7 Å². The number of ether oxygens (including phenoxy) is 2. The van der Waals surface area contributed by atoms with Gasteiger partial charge in [-0.25, -0.2) is 0 Å². The second kappa shape index (κ2) is 10.8. The summed E-state index contributed by atoms with van der Waals surface area (Å²) < 4.78 is 12.1. The van der Waals surface area contributed by atoms with Crippen LogP contribution in [0.25, 0.3) is 0 Å². The molecule has 5 rings (SSSR count). The molecule has 3 heterocycles. The first kappa shape index (κ1) is 27.4. The standard InChI is InChI=1S/C28H35Cl2N3O5/c1-3-37-15-7-14-33-23(25(35)31-17-8-5-4-6-9-17)28-13-12-27(2,38-28)21(22(28)26(33)36)24(34)32-18-10-11-19(29)20(30)16-18/h10-13,16-17,21-23H,3-9,14-15H2,1-2H3,(H,31,35)(H,32,34)/t21-,22+,23-,27+,28-/m0/s1. The number of nitrogens with zero attached hydrogens (tertiary/aromatic N) is 1. The quantitative estimate of drug-likeness (QED) is 0.344. The molecule has 1 saturated carbocycles. The van der Waals surface area contributed by atoms with Crippen molar-refractivity contribution in [2.75, 3.05) is 25.1 Å². The maximum absolute atomic E-state index is 14.0. The zero-order valence-corrected chi connectivity index (χ0v) is 23.3. The lowest BCUT2D eigenvalue weighted by Crippen LogP contribution is -2.56. The molecule has 10 heteroatoms. The van der Waals surface area contributed by atoms with Crippen LogP contribution in [0.2, 0.25) is 10.0 Å². The Morgan fingerprint density at radius 3 is 2.61 bits per heavy atom. The minimum absolute atomic E-state index is 0.0824. The van der Waals surface area contributed by atoms with Gasteiger partial charge in [0.2, 0.25) is 17.7 Å². The Hall–Kier alpha value is -2.13. The number of likely N-dealkylation sites (tertiary alicyclic amines) is 1. The Balaban J connectivity index is 1.44. The van der Waals surface area contributed by atoms with Gasteiger partial charge in [-0.15, -0.1) is 0 Å². The van der Waals surface area contributed by atoms with Crippen molar-refractivity contribution in [2.45, 2.75) is 75.7 Å². The average Bonchev–Trinajstić information content (AvgIpc) is 3.45. The van der Waals surface area contributed by atoms with Gasteiger partial charge in [-0.2, -0.15) is 0 Å². The zero-order valence-electron chi connectivity index (χ0n) is 21.8. The third-order valence-corrected chi connectivity index (χ3v) is 9.10. The van der Waals surface area contributed by atoms with Crippen LogP contribution in [0.5, 0.6) is 0 Å². The van der Waals surface area contributed by atoms with E-state index in [1.165, 1.54) is 6.42 Å². The van der Waals surface area contributed by atoms with Crippen LogP contribution in [0.4, 0.5) is 5.69 Å². The Kier molecular flexibility index (Phi) is 7.80. The molecule has 38 heavy (non-hydrogen) atoms. The van der Waals surface area contributed by atoms with Crippen molar-refractivity contribution in [1.82, 2.24) is 10.2 Å². The van der Waals surface area contributed by atoms with Gasteiger partial charge < -0.3 is 25.0 Å². The van der Waals surface area contributed by atoms with Crippen LogP contribution in [0.15, 0.2) is 30.4 Å². The molecule has 1 spiro atoms. The highest BCUT2D eigenvalue weighted by Gasteiger charge is 2.76. The fraction of sp³-hybridized carbons (Fsp3) is 0.607. The van der Waals surface area contributed by atoms with Gasteiger partial charge in [0.05, 0.1) is 27.5 Å². The Morgan fingerprint density at radius 1 is 1.13 bits per heavy atom. The van der Waals surface area contributed by atoms with Crippen molar-refractivity contribution in [3.8, 4) is 0 Å². The van der Waals surface area contributed by atoms with E-state index in [2.05, 4.69) is 10.6 Å². The number of amides is 3. The molecule has 3 amide bonds. The number of nitrogens with one attached hydrogen (secondary N) is 2. The Labute approximate surface area is 233 Å². The van der Waals surface area contributed by atoms with Crippen LogP contribution >= 0.6 is 23.2 Å². The smallest absolute Gasteiger partial charge is 0.246 e. The molecule has 1 aromatic carbocycles. The van der Waals surface area contributed by atoms with E-state index in [4.69, 9.17) is 32.7 Å². The third kappa shape index (κ3) is 4.74. The van der Waals surface area contributed by atoms with E-state index < -0.39 is 29.1 Å². The monoisotopic (exact) mass is 563 g/mol. The number of carbonyl (C=O) groups is 3. The lowest BCUT2D eigenvalue weighted by atomic mass is 9.70. The van der Waals surface area contributed by atoms with Gasteiger partial charge in [0, 0.05) is 31.5 Å². The van der Waals surface area contributed by atoms with Crippen molar-refractivity contribution in [1.29, 1.82) is 0 Å². The summed E-state index contributed by atoms with van der Waals surface area (Å²) in [6.45, 7) is 5.12. The highest BCUT2D eigenvalue weighted by atomic mass is 35.5. The van der Waals surface area contributed by atoms with E-state index in [-0.39, 0.29) is 23.8 Å². The number of fused-ring (bicyclic) bond motifs is 1. The first-order valence-corrected chi connectivity index (χ1v) is 14.3. The van der Waals surface area contributed by atoms with Gasteiger partial charge in [-0.1, -0.05) is 54.6 Å². The number of halogens is 2. The molecule has 3 fully saturated rings. The molecule has 0 aromatic heterocycles. The molecule has 3 aliphatic heterocycles. The van der Waals surface area contributed by atoms with Gasteiger partial charge in [0.1, 0.15) is 11.6 Å². The molecule has 5 atom stereocenters. The molecule has 4 aliphatic rings. The van der Waals surface area contributed by atoms with Gasteiger partial charge in [-0.05, 0) is 51.3 Å². The molecule has 2 N–H and O–H groups in total. The minimum atomic E-state index is -1.21. The second-order valence-electron chi connectivity index (χ2n) is 10.9. The number of carbonyl (C=O) groups excluding carboxylic acids is 3. The van der Waals surface area contributed by atoms with Gasteiger partial charge in [0.15, 0.2) is 0 Å². The molecule has 2 saturated heterocycles. The highest BCUT2D eigenvalue weighted by Crippen LogP contribution is 2.59. The molecular formula is C28H35Cl2N3O5. The van der Waals surface area contributed by atoms with Crippen molar-refractivity contribution >= 4 is 46.6 Å². The van der Waals surface area contributed by atoms with Gasteiger partial charge in [-0.3, -0.25) is 14.4 Å². The van der Waals surface area contributed by atoms with Crippen LogP contribution in [-0.2, 0) is 23.9 Å². The summed E-state index contributed by atoms with van der Waals surface area (Å²) in [5.74, 6) is -2.47. The maximum Gasteiger partial charge on any atom is 0.246 e. The summed E-state index contributed by atoms with van der Waals surface area (Å²) in [5.41, 5.74) is -1.77. The molecule has 1 aromatic rings.